The Morgan fingerprint density at radius 1 is 1.10 bits per heavy atom. The fraction of sp³-hybridized carbons (Fsp3) is 0.136. The van der Waals surface area contributed by atoms with Gasteiger partial charge in [0.1, 0.15) is 17.2 Å². The number of carbonyl (C=O) groups is 2. The summed E-state index contributed by atoms with van der Waals surface area (Å²) in [6.45, 7) is 2.13. The summed E-state index contributed by atoms with van der Waals surface area (Å²) in [6.07, 6.45) is 1.37. The number of nitrogens with one attached hydrogen (secondary N) is 2. The Morgan fingerprint density at radius 2 is 1.84 bits per heavy atom. The van der Waals surface area contributed by atoms with E-state index in [1.165, 1.54) is 19.4 Å². The number of benzene rings is 2. The number of carboxylic acid groups (broad SMARTS) is 1. The van der Waals surface area contributed by atoms with Gasteiger partial charge in [-0.2, -0.15) is 0 Å². The van der Waals surface area contributed by atoms with Crippen molar-refractivity contribution in [1.29, 1.82) is 0 Å². The largest absolute Gasteiger partial charge is 0.495 e. The molecule has 0 fully saturated rings. The SMILES string of the molecule is COc1cc(Cl)c(C)cc1NC(=O)NCc1ccc(Oc2ccnc(C(=O)O)c2)cc1. The molecule has 1 aromatic heterocycles. The molecule has 2 aromatic carbocycles. The zero-order valence-corrected chi connectivity index (χ0v) is 17.6. The monoisotopic (exact) mass is 441 g/mol. The van der Waals surface area contributed by atoms with E-state index in [4.69, 9.17) is 26.2 Å². The van der Waals surface area contributed by atoms with E-state index in [2.05, 4.69) is 15.6 Å². The number of carbonyl (C=O) groups excluding carboxylic acids is 1. The lowest BCUT2D eigenvalue weighted by atomic mass is 10.2. The number of anilines is 1. The zero-order valence-electron chi connectivity index (χ0n) is 16.8. The first-order chi connectivity index (χ1) is 14.9. The Hall–Kier alpha value is -3.78. The number of halogens is 1. The molecule has 2 amide bonds. The molecule has 0 bridgehead atoms. The van der Waals surface area contributed by atoms with Crippen LogP contribution in [0.4, 0.5) is 10.5 Å². The van der Waals surface area contributed by atoms with Gasteiger partial charge in [0.05, 0.1) is 12.8 Å². The fourth-order valence-corrected chi connectivity index (χ4v) is 2.84. The Bertz CT molecular complexity index is 1100. The van der Waals surface area contributed by atoms with Crippen LogP contribution in [-0.4, -0.2) is 29.2 Å². The summed E-state index contributed by atoms with van der Waals surface area (Å²) in [5, 5.41) is 15.1. The number of rotatable bonds is 7. The predicted molar refractivity (Wildman–Crippen MR) is 116 cm³/mol. The van der Waals surface area contributed by atoms with Gasteiger partial charge in [0.25, 0.3) is 0 Å². The Morgan fingerprint density at radius 3 is 2.52 bits per heavy atom. The first-order valence-electron chi connectivity index (χ1n) is 9.21. The summed E-state index contributed by atoms with van der Waals surface area (Å²) in [5.74, 6) is 0.230. The molecule has 0 saturated carbocycles. The van der Waals surface area contributed by atoms with Crippen LogP contribution in [0, 0.1) is 6.92 Å². The number of methoxy groups -OCH3 is 1. The van der Waals surface area contributed by atoms with E-state index in [1.54, 1.807) is 42.5 Å². The number of carboxylic acids is 1. The van der Waals surface area contributed by atoms with Crippen molar-refractivity contribution in [2.24, 2.45) is 0 Å². The van der Waals surface area contributed by atoms with E-state index in [-0.39, 0.29) is 5.69 Å². The van der Waals surface area contributed by atoms with Crippen LogP contribution in [0.1, 0.15) is 21.6 Å². The number of urea groups is 1. The standard InChI is InChI=1S/C22H20ClN3O5/c1-13-9-18(20(30-2)11-17(13)23)26-22(29)25-12-14-3-5-15(6-4-14)31-16-7-8-24-19(10-16)21(27)28/h3-11H,12H2,1-2H3,(H,27,28)(H2,25,26,29). The van der Waals surface area contributed by atoms with Crippen molar-refractivity contribution in [3.63, 3.8) is 0 Å². The first kappa shape index (κ1) is 21.9. The highest BCUT2D eigenvalue weighted by Gasteiger charge is 2.10. The minimum absolute atomic E-state index is 0.100. The van der Waals surface area contributed by atoms with Crippen LogP contribution in [0.5, 0.6) is 17.2 Å². The lowest BCUT2D eigenvalue weighted by molar-refractivity contribution is 0.0690. The Labute approximate surface area is 183 Å². The topological polar surface area (TPSA) is 110 Å². The highest BCUT2D eigenvalue weighted by Crippen LogP contribution is 2.30. The maximum absolute atomic E-state index is 12.3. The van der Waals surface area contributed by atoms with Gasteiger partial charge in [-0.05, 0) is 42.3 Å². The minimum Gasteiger partial charge on any atom is -0.495 e. The molecule has 0 spiro atoms. The third kappa shape index (κ3) is 5.86. The molecule has 0 saturated heterocycles. The Balaban J connectivity index is 1.57. The Kier molecular flexibility index (Phi) is 6.94. The van der Waals surface area contributed by atoms with Crippen molar-refractivity contribution < 1.29 is 24.2 Å². The minimum atomic E-state index is -1.13. The summed E-state index contributed by atoms with van der Waals surface area (Å²) in [5.41, 5.74) is 2.08. The average molecular weight is 442 g/mol. The number of aromatic carboxylic acids is 1. The highest BCUT2D eigenvalue weighted by molar-refractivity contribution is 6.31. The van der Waals surface area contributed by atoms with Gasteiger partial charge in [-0.1, -0.05) is 23.7 Å². The van der Waals surface area contributed by atoms with Crippen molar-refractivity contribution in [2.45, 2.75) is 13.5 Å². The number of nitrogens with zero attached hydrogens (tertiary/aromatic N) is 1. The van der Waals surface area contributed by atoms with E-state index < -0.39 is 12.0 Å². The highest BCUT2D eigenvalue weighted by atomic mass is 35.5. The van der Waals surface area contributed by atoms with Crippen molar-refractivity contribution in [1.82, 2.24) is 10.3 Å². The van der Waals surface area contributed by atoms with Crippen molar-refractivity contribution in [3.05, 3.63) is 76.6 Å². The van der Waals surface area contributed by atoms with Crippen LogP contribution in [0.3, 0.4) is 0 Å². The number of aryl methyl sites for hydroxylation is 1. The van der Waals surface area contributed by atoms with Gasteiger partial charge in [-0.3, -0.25) is 0 Å². The van der Waals surface area contributed by atoms with E-state index in [0.717, 1.165) is 11.1 Å². The van der Waals surface area contributed by atoms with E-state index in [1.807, 2.05) is 6.92 Å². The molecule has 3 rings (SSSR count). The van der Waals surface area contributed by atoms with E-state index in [9.17, 15) is 9.59 Å². The summed E-state index contributed by atoms with van der Waals surface area (Å²) in [7, 11) is 1.50. The third-order valence-corrected chi connectivity index (χ3v) is 4.70. The van der Waals surface area contributed by atoms with Crippen LogP contribution in [-0.2, 0) is 6.54 Å². The number of amides is 2. The molecule has 9 heteroatoms. The molecular formula is C22H20ClN3O5. The van der Waals surface area contributed by atoms with Crippen molar-refractivity contribution in [3.8, 4) is 17.2 Å². The average Bonchev–Trinajstić information content (AvgIpc) is 2.76. The lowest BCUT2D eigenvalue weighted by Gasteiger charge is -2.13. The summed E-state index contributed by atoms with van der Waals surface area (Å²) in [4.78, 5) is 27.0. The maximum atomic E-state index is 12.3. The number of ether oxygens (including phenoxy) is 2. The number of aromatic nitrogens is 1. The fourth-order valence-electron chi connectivity index (χ4n) is 2.68. The molecule has 8 nitrogen and oxygen atoms in total. The summed E-state index contributed by atoms with van der Waals surface area (Å²) in [6, 6.07) is 12.9. The van der Waals surface area contributed by atoms with Crippen LogP contribution >= 0.6 is 11.6 Å². The van der Waals surface area contributed by atoms with Crippen LogP contribution in [0.25, 0.3) is 0 Å². The molecule has 3 N–H and O–H groups in total. The lowest BCUT2D eigenvalue weighted by Crippen LogP contribution is -2.28. The number of hydrogen-bond donors (Lipinski definition) is 3. The first-order valence-corrected chi connectivity index (χ1v) is 9.58. The van der Waals surface area contributed by atoms with Gasteiger partial charge < -0.3 is 25.2 Å². The van der Waals surface area contributed by atoms with Crippen molar-refractivity contribution in [2.75, 3.05) is 12.4 Å². The summed E-state index contributed by atoms with van der Waals surface area (Å²) < 4.78 is 10.9. The molecule has 160 valence electrons. The molecule has 0 aliphatic rings. The molecule has 0 unspecified atom stereocenters. The smallest absolute Gasteiger partial charge is 0.354 e. The van der Waals surface area contributed by atoms with Crippen molar-refractivity contribution >= 4 is 29.3 Å². The molecular weight excluding hydrogens is 422 g/mol. The summed E-state index contributed by atoms with van der Waals surface area (Å²) >= 11 is 6.08. The maximum Gasteiger partial charge on any atom is 0.354 e. The van der Waals surface area contributed by atoms with Gasteiger partial charge in [0.15, 0.2) is 5.69 Å². The third-order valence-electron chi connectivity index (χ3n) is 4.29. The van der Waals surface area contributed by atoms with Gasteiger partial charge in [0, 0.05) is 29.9 Å². The molecule has 0 radical (unpaired) electrons. The van der Waals surface area contributed by atoms with Gasteiger partial charge >= 0.3 is 12.0 Å². The zero-order chi connectivity index (χ0) is 22.4. The van der Waals surface area contributed by atoms with E-state index >= 15 is 0 Å². The molecule has 31 heavy (non-hydrogen) atoms. The number of pyridine rings is 1. The quantitative estimate of drug-likeness (QED) is 0.482. The van der Waals surface area contributed by atoms with Gasteiger partial charge in [0.2, 0.25) is 0 Å². The second kappa shape index (κ2) is 9.82. The molecule has 3 aromatic rings. The molecule has 0 aliphatic heterocycles. The molecule has 1 heterocycles. The van der Waals surface area contributed by atoms with Crippen LogP contribution in [0.2, 0.25) is 5.02 Å². The van der Waals surface area contributed by atoms with Crippen LogP contribution < -0.4 is 20.1 Å². The van der Waals surface area contributed by atoms with E-state index in [0.29, 0.717) is 34.5 Å². The second-order valence-corrected chi connectivity index (χ2v) is 6.94. The normalized spacial score (nSPS) is 10.3. The molecule has 0 atom stereocenters. The van der Waals surface area contributed by atoms with Gasteiger partial charge in [-0.25, -0.2) is 14.6 Å². The van der Waals surface area contributed by atoms with Gasteiger partial charge in [-0.15, -0.1) is 0 Å². The molecule has 0 aliphatic carbocycles. The predicted octanol–water partition coefficient (Wildman–Crippen LogP) is 4.86. The second-order valence-electron chi connectivity index (χ2n) is 6.54. The number of hydrogen-bond acceptors (Lipinski definition) is 5. The van der Waals surface area contributed by atoms with Crippen LogP contribution in [0.15, 0.2) is 54.7 Å².